The van der Waals surface area contributed by atoms with Gasteiger partial charge in [-0.25, -0.2) is 0 Å². The minimum atomic E-state index is -0.208. The van der Waals surface area contributed by atoms with E-state index in [1.807, 2.05) is 0 Å². The van der Waals surface area contributed by atoms with Gasteiger partial charge in [-0.2, -0.15) is 0 Å². The zero-order valence-electron chi connectivity index (χ0n) is 13.6. The second kappa shape index (κ2) is 9.95. The average Bonchev–Trinajstić information content (AvgIpc) is 2.48. The predicted octanol–water partition coefficient (Wildman–Crippen LogP) is 2.45. The van der Waals surface area contributed by atoms with Gasteiger partial charge in [0.15, 0.2) is 12.4 Å². The molecule has 5 heteroatoms. The Morgan fingerprint density at radius 3 is 2.68 bits per heavy atom. The molecular weight excluding hydrogens is 282 g/mol. The summed E-state index contributed by atoms with van der Waals surface area (Å²) in [5.41, 5.74) is 0.566. The van der Waals surface area contributed by atoms with Crippen LogP contribution in [0.4, 0.5) is 0 Å². The Morgan fingerprint density at radius 1 is 1.23 bits per heavy atom. The monoisotopic (exact) mass is 307 g/mol. The number of benzene rings is 1. The van der Waals surface area contributed by atoms with Gasteiger partial charge < -0.3 is 14.8 Å². The minimum absolute atomic E-state index is 0.0338. The first-order valence-corrected chi connectivity index (χ1v) is 7.57. The molecule has 0 aliphatic rings. The summed E-state index contributed by atoms with van der Waals surface area (Å²) >= 11 is 0. The van der Waals surface area contributed by atoms with Crippen LogP contribution in [0.5, 0.6) is 5.75 Å². The number of amides is 1. The number of hydrogen-bond donors (Lipinski definition) is 1. The van der Waals surface area contributed by atoms with Crippen LogP contribution in [-0.2, 0) is 9.53 Å². The van der Waals surface area contributed by atoms with Gasteiger partial charge in [-0.1, -0.05) is 26.0 Å². The van der Waals surface area contributed by atoms with Gasteiger partial charge in [0.2, 0.25) is 0 Å². The molecule has 0 aliphatic carbocycles. The van der Waals surface area contributed by atoms with Gasteiger partial charge in [-0.05, 0) is 31.4 Å². The van der Waals surface area contributed by atoms with Crippen LogP contribution < -0.4 is 10.1 Å². The van der Waals surface area contributed by atoms with Crippen molar-refractivity contribution in [2.75, 3.05) is 26.4 Å². The third-order valence-corrected chi connectivity index (χ3v) is 3.02. The molecule has 0 spiro atoms. The highest BCUT2D eigenvalue weighted by molar-refractivity contribution is 5.94. The van der Waals surface area contributed by atoms with Crippen molar-refractivity contribution in [1.29, 1.82) is 0 Å². The minimum Gasteiger partial charge on any atom is -0.484 e. The number of nitrogens with one attached hydrogen (secondary N) is 1. The first-order valence-electron chi connectivity index (χ1n) is 7.57. The normalized spacial score (nSPS) is 10.5. The van der Waals surface area contributed by atoms with Crippen LogP contribution in [0.25, 0.3) is 0 Å². The van der Waals surface area contributed by atoms with Crippen molar-refractivity contribution in [3.8, 4) is 5.75 Å². The SMILES string of the molecule is CC(=O)c1cccc(OCC(=O)NCCOCCC(C)C)c1. The highest BCUT2D eigenvalue weighted by Crippen LogP contribution is 2.13. The molecule has 0 bridgehead atoms. The van der Waals surface area contributed by atoms with E-state index < -0.39 is 0 Å². The molecule has 1 N–H and O–H groups in total. The number of Topliss-reactive ketones (excluding diaryl/α,β-unsaturated/α-hetero) is 1. The van der Waals surface area contributed by atoms with E-state index in [1.165, 1.54) is 6.92 Å². The molecule has 22 heavy (non-hydrogen) atoms. The lowest BCUT2D eigenvalue weighted by atomic mass is 10.1. The third kappa shape index (κ3) is 7.78. The highest BCUT2D eigenvalue weighted by Gasteiger charge is 2.04. The lowest BCUT2D eigenvalue weighted by molar-refractivity contribution is -0.123. The molecule has 5 nitrogen and oxygen atoms in total. The zero-order chi connectivity index (χ0) is 16.4. The van der Waals surface area contributed by atoms with Crippen molar-refractivity contribution in [3.05, 3.63) is 29.8 Å². The van der Waals surface area contributed by atoms with Gasteiger partial charge in [0.05, 0.1) is 6.61 Å². The molecule has 0 heterocycles. The fourth-order valence-corrected chi connectivity index (χ4v) is 1.69. The van der Waals surface area contributed by atoms with Crippen LogP contribution in [0.15, 0.2) is 24.3 Å². The van der Waals surface area contributed by atoms with Gasteiger partial charge in [-0.15, -0.1) is 0 Å². The largest absolute Gasteiger partial charge is 0.484 e. The van der Waals surface area contributed by atoms with E-state index in [-0.39, 0.29) is 18.3 Å². The van der Waals surface area contributed by atoms with Crippen LogP contribution in [0.2, 0.25) is 0 Å². The Balaban J connectivity index is 2.18. The quantitative estimate of drug-likeness (QED) is 0.533. The summed E-state index contributed by atoms with van der Waals surface area (Å²) in [5.74, 6) is 0.888. The molecule has 122 valence electrons. The molecule has 0 saturated carbocycles. The van der Waals surface area contributed by atoms with E-state index in [9.17, 15) is 9.59 Å². The first kappa shape index (κ1) is 18.2. The number of ether oxygens (including phenoxy) is 2. The van der Waals surface area contributed by atoms with Crippen molar-refractivity contribution >= 4 is 11.7 Å². The van der Waals surface area contributed by atoms with Gasteiger partial charge in [-0.3, -0.25) is 9.59 Å². The molecule has 0 radical (unpaired) electrons. The van der Waals surface area contributed by atoms with Crippen molar-refractivity contribution in [1.82, 2.24) is 5.32 Å². The Labute approximate surface area is 132 Å². The molecular formula is C17H25NO4. The van der Waals surface area contributed by atoms with E-state index in [0.717, 1.165) is 6.42 Å². The summed E-state index contributed by atoms with van der Waals surface area (Å²) in [4.78, 5) is 22.9. The van der Waals surface area contributed by atoms with Crippen molar-refractivity contribution in [2.45, 2.75) is 27.2 Å². The van der Waals surface area contributed by atoms with E-state index in [2.05, 4.69) is 19.2 Å². The summed E-state index contributed by atoms with van der Waals surface area (Å²) < 4.78 is 10.8. The summed E-state index contributed by atoms with van der Waals surface area (Å²) in [6.07, 6.45) is 1.02. The number of ketones is 1. The van der Waals surface area contributed by atoms with E-state index >= 15 is 0 Å². The fourth-order valence-electron chi connectivity index (χ4n) is 1.69. The Morgan fingerprint density at radius 2 is 2.00 bits per heavy atom. The van der Waals surface area contributed by atoms with E-state index in [4.69, 9.17) is 9.47 Å². The van der Waals surface area contributed by atoms with Crippen LogP contribution in [0.1, 0.15) is 37.6 Å². The topological polar surface area (TPSA) is 64.6 Å². The lowest BCUT2D eigenvalue weighted by Crippen LogP contribution is -2.31. The number of carbonyl (C=O) groups is 2. The van der Waals surface area contributed by atoms with Crippen LogP contribution in [0, 0.1) is 5.92 Å². The number of hydrogen-bond acceptors (Lipinski definition) is 4. The molecule has 1 amide bonds. The maximum atomic E-state index is 11.6. The number of rotatable bonds is 10. The van der Waals surface area contributed by atoms with Crippen LogP contribution in [-0.4, -0.2) is 38.1 Å². The van der Waals surface area contributed by atoms with Crippen LogP contribution in [0.3, 0.4) is 0 Å². The lowest BCUT2D eigenvalue weighted by Gasteiger charge is -2.09. The molecule has 0 aromatic heterocycles. The molecule has 0 atom stereocenters. The van der Waals surface area contributed by atoms with Gasteiger partial charge in [0.25, 0.3) is 5.91 Å². The molecule has 0 unspecified atom stereocenters. The summed E-state index contributed by atoms with van der Waals surface area (Å²) in [5, 5.41) is 2.72. The zero-order valence-corrected chi connectivity index (χ0v) is 13.6. The molecule has 0 aliphatic heterocycles. The summed E-state index contributed by atoms with van der Waals surface area (Å²) in [6.45, 7) is 7.37. The second-order valence-electron chi connectivity index (χ2n) is 5.52. The highest BCUT2D eigenvalue weighted by atomic mass is 16.5. The van der Waals surface area contributed by atoms with Crippen molar-refractivity contribution in [3.63, 3.8) is 0 Å². The second-order valence-corrected chi connectivity index (χ2v) is 5.52. The van der Waals surface area contributed by atoms with Gasteiger partial charge >= 0.3 is 0 Å². The van der Waals surface area contributed by atoms with Gasteiger partial charge in [0, 0.05) is 18.7 Å². The van der Waals surface area contributed by atoms with Gasteiger partial charge in [0.1, 0.15) is 5.75 Å². The molecule has 1 aromatic carbocycles. The Hall–Kier alpha value is -1.88. The van der Waals surface area contributed by atoms with Crippen molar-refractivity contribution in [2.24, 2.45) is 5.92 Å². The fraction of sp³-hybridized carbons (Fsp3) is 0.529. The number of carbonyl (C=O) groups excluding carboxylic acids is 2. The first-order chi connectivity index (χ1) is 10.5. The Bertz CT molecular complexity index is 485. The standard InChI is InChI=1S/C17H25NO4/c1-13(2)7-9-21-10-8-18-17(20)12-22-16-6-4-5-15(11-16)14(3)19/h4-6,11,13H,7-10,12H2,1-3H3,(H,18,20). The van der Waals surface area contributed by atoms with E-state index in [0.29, 0.717) is 37.0 Å². The molecule has 0 saturated heterocycles. The van der Waals surface area contributed by atoms with Crippen molar-refractivity contribution < 1.29 is 19.1 Å². The maximum Gasteiger partial charge on any atom is 0.258 e. The van der Waals surface area contributed by atoms with E-state index in [1.54, 1.807) is 24.3 Å². The maximum absolute atomic E-state index is 11.6. The predicted molar refractivity (Wildman–Crippen MR) is 85.2 cm³/mol. The summed E-state index contributed by atoms with van der Waals surface area (Å²) in [6, 6.07) is 6.79. The van der Waals surface area contributed by atoms with Crippen LogP contribution >= 0.6 is 0 Å². The average molecular weight is 307 g/mol. The molecule has 1 aromatic rings. The Kier molecular flexibility index (Phi) is 8.22. The summed E-state index contributed by atoms with van der Waals surface area (Å²) in [7, 11) is 0. The smallest absolute Gasteiger partial charge is 0.258 e. The molecule has 0 fully saturated rings. The third-order valence-electron chi connectivity index (χ3n) is 3.02. The molecule has 1 rings (SSSR count).